The van der Waals surface area contributed by atoms with Crippen LogP contribution >= 0.6 is 0 Å². The van der Waals surface area contributed by atoms with Gasteiger partial charge in [-0.05, 0) is 86.5 Å². The Kier molecular flexibility index (Phi) is 2.52. The molecule has 0 aromatic rings. The van der Waals surface area contributed by atoms with E-state index in [2.05, 4.69) is 6.92 Å². The first-order valence-corrected chi connectivity index (χ1v) is 9.04. The summed E-state index contributed by atoms with van der Waals surface area (Å²) in [6.07, 6.45) is 7.49. The smallest absolute Gasteiger partial charge is 0.155 e. The van der Waals surface area contributed by atoms with Gasteiger partial charge in [-0.2, -0.15) is 0 Å². The number of ketones is 1. The molecule has 0 aliphatic heterocycles. The fraction of sp³-hybridized carbons (Fsp3) is 0.850. The molecule has 3 saturated carbocycles. The molecule has 0 unspecified atom stereocenters. The average Bonchev–Trinajstić information content (AvgIpc) is 2.79. The highest BCUT2D eigenvalue weighted by Gasteiger charge is 2.61. The third kappa shape index (κ3) is 1.85. The van der Waals surface area contributed by atoms with Crippen molar-refractivity contribution in [3.05, 3.63) is 11.6 Å². The zero-order valence-electron chi connectivity index (χ0n) is 16.8. The molecule has 3 fully saturated rings. The van der Waals surface area contributed by atoms with Gasteiger partial charge in [0.05, 0.1) is 5.60 Å². The number of allylic oxidation sites excluding steroid dienone is 1. The molecule has 4 aliphatic rings. The number of carbonyl (C=O) groups excluding carboxylic acids is 1. The lowest BCUT2D eigenvalue weighted by Crippen LogP contribution is -2.53. The maximum Gasteiger partial charge on any atom is 0.155 e. The van der Waals surface area contributed by atoms with Gasteiger partial charge in [-0.3, -0.25) is 4.79 Å². The molecule has 0 heterocycles. The van der Waals surface area contributed by atoms with Crippen LogP contribution in [0.1, 0.15) is 69.8 Å². The van der Waals surface area contributed by atoms with E-state index in [1.165, 1.54) is 5.57 Å². The minimum atomic E-state index is -2.32. The van der Waals surface area contributed by atoms with E-state index in [1.807, 2.05) is 13.0 Å². The maximum atomic E-state index is 11.8. The summed E-state index contributed by atoms with van der Waals surface area (Å²) in [5.41, 5.74) is -0.717. The molecule has 0 bridgehead atoms. The quantitative estimate of drug-likeness (QED) is 0.731. The average molecular weight is 305 g/mol. The standard InChI is InChI=1S/C20H30O2/c1-12-10-13-11-14(21)4-5-15(13)16-6-8-19(2)17(18(12)16)7-9-20(19,3)22/h11-12,15-18,22H,4-10H2,1-3H3/t12-,15+,16-,17+,18-,19+,20+/m0/s1/i3D3. The van der Waals surface area contributed by atoms with E-state index in [4.69, 9.17) is 4.11 Å². The summed E-state index contributed by atoms with van der Waals surface area (Å²) in [5, 5.41) is 11.2. The lowest BCUT2D eigenvalue weighted by molar-refractivity contribution is -0.121. The molecule has 0 aromatic carbocycles. The molecular formula is C20H30O2. The molecule has 0 radical (unpaired) electrons. The summed E-state index contributed by atoms with van der Waals surface area (Å²) in [6, 6.07) is 0. The zero-order chi connectivity index (χ0) is 18.2. The Hall–Kier alpha value is -0.630. The van der Waals surface area contributed by atoms with Gasteiger partial charge in [0, 0.05) is 10.5 Å². The Morgan fingerprint density at radius 1 is 1.32 bits per heavy atom. The Labute approximate surface area is 138 Å². The molecule has 4 aliphatic carbocycles. The fourth-order valence-corrected chi connectivity index (χ4v) is 6.61. The molecule has 7 atom stereocenters. The minimum absolute atomic E-state index is 0.273. The Balaban J connectivity index is 1.70. The van der Waals surface area contributed by atoms with E-state index in [-0.39, 0.29) is 11.7 Å². The third-order valence-corrected chi connectivity index (χ3v) is 7.79. The number of fused-ring (bicyclic) bond motifs is 5. The van der Waals surface area contributed by atoms with E-state index < -0.39 is 17.9 Å². The van der Waals surface area contributed by atoms with Crippen LogP contribution in [0.2, 0.25) is 0 Å². The molecule has 1 N–H and O–H groups in total. The second-order valence-corrected chi connectivity index (χ2v) is 8.71. The Bertz CT molecular complexity index is 625. The van der Waals surface area contributed by atoms with Crippen LogP contribution < -0.4 is 0 Å². The van der Waals surface area contributed by atoms with Crippen LogP contribution in [-0.2, 0) is 4.79 Å². The molecule has 22 heavy (non-hydrogen) atoms. The number of carbonyl (C=O) groups is 1. The first kappa shape index (κ1) is 11.8. The highest BCUT2D eigenvalue weighted by atomic mass is 16.3. The number of hydrogen-bond donors (Lipinski definition) is 1. The minimum Gasteiger partial charge on any atom is -0.390 e. The van der Waals surface area contributed by atoms with Gasteiger partial charge in [-0.25, -0.2) is 0 Å². The van der Waals surface area contributed by atoms with Crippen molar-refractivity contribution in [1.29, 1.82) is 0 Å². The van der Waals surface area contributed by atoms with Gasteiger partial charge in [-0.1, -0.05) is 19.4 Å². The zero-order valence-corrected chi connectivity index (χ0v) is 13.8. The topological polar surface area (TPSA) is 37.3 Å². The van der Waals surface area contributed by atoms with E-state index in [0.717, 1.165) is 32.1 Å². The second-order valence-electron chi connectivity index (χ2n) is 8.71. The van der Waals surface area contributed by atoms with Crippen LogP contribution in [0.25, 0.3) is 0 Å². The van der Waals surface area contributed by atoms with Crippen molar-refractivity contribution in [3.8, 4) is 0 Å². The van der Waals surface area contributed by atoms with E-state index in [0.29, 0.717) is 36.5 Å². The normalized spacial score (nSPS) is 56.9. The Morgan fingerprint density at radius 2 is 2.14 bits per heavy atom. The monoisotopic (exact) mass is 305 g/mol. The molecule has 122 valence electrons. The third-order valence-electron chi connectivity index (χ3n) is 7.79. The Morgan fingerprint density at radius 3 is 2.91 bits per heavy atom. The SMILES string of the molecule is [2H]C([2H])([2H])[C@@]1(O)CC[C@@H]2[C@@H]3[C@@H](CC[C@]21C)[C@@H]1CCC(=O)C=C1C[C@@H]3C. The predicted octanol–water partition coefficient (Wildman–Crippen LogP) is 4.13. The van der Waals surface area contributed by atoms with Gasteiger partial charge in [-0.15, -0.1) is 0 Å². The largest absolute Gasteiger partial charge is 0.390 e. The summed E-state index contributed by atoms with van der Waals surface area (Å²) in [5.74, 6) is 2.55. The van der Waals surface area contributed by atoms with Gasteiger partial charge >= 0.3 is 0 Å². The summed E-state index contributed by atoms with van der Waals surface area (Å²) in [7, 11) is 0. The predicted molar refractivity (Wildman–Crippen MR) is 87.3 cm³/mol. The van der Waals surface area contributed by atoms with Crippen molar-refractivity contribution in [1.82, 2.24) is 0 Å². The molecule has 0 spiro atoms. The summed E-state index contributed by atoms with van der Waals surface area (Å²) in [4.78, 5) is 11.8. The highest BCUT2D eigenvalue weighted by molar-refractivity contribution is 5.91. The van der Waals surface area contributed by atoms with Crippen molar-refractivity contribution in [2.24, 2.45) is 35.0 Å². The van der Waals surface area contributed by atoms with E-state index in [1.54, 1.807) is 0 Å². The van der Waals surface area contributed by atoms with Gasteiger partial charge in [0.2, 0.25) is 0 Å². The van der Waals surface area contributed by atoms with Crippen molar-refractivity contribution in [3.63, 3.8) is 0 Å². The molecule has 4 rings (SSSR count). The molecule has 2 heteroatoms. The van der Waals surface area contributed by atoms with Crippen molar-refractivity contribution in [2.45, 2.75) is 71.2 Å². The highest BCUT2D eigenvalue weighted by Crippen LogP contribution is 2.65. The number of aliphatic hydroxyl groups is 1. The molecule has 0 aromatic heterocycles. The number of rotatable bonds is 0. The van der Waals surface area contributed by atoms with Gasteiger partial charge < -0.3 is 5.11 Å². The van der Waals surface area contributed by atoms with Crippen molar-refractivity contribution < 1.29 is 14.0 Å². The first-order chi connectivity index (χ1) is 11.6. The van der Waals surface area contributed by atoms with Gasteiger partial charge in [0.1, 0.15) is 0 Å². The van der Waals surface area contributed by atoms with Crippen LogP contribution in [0.4, 0.5) is 0 Å². The van der Waals surface area contributed by atoms with Crippen LogP contribution in [-0.4, -0.2) is 16.5 Å². The maximum absolute atomic E-state index is 11.8. The lowest BCUT2D eigenvalue weighted by atomic mass is 9.48. The van der Waals surface area contributed by atoms with Crippen LogP contribution in [0.5, 0.6) is 0 Å². The van der Waals surface area contributed by atoms with Gasteiger partial charge in [0.15, 0.2) is 5.78 Å². The molecular weight excluding hydrogens is 272 g/mol. The van der Waals surface area contributed by atoms with Crippen LogP contribution in [0, 0.1) is 35.0 Å². The lowest BCUT2D eigenvalue weighted by Gasteiger charge is -2.57. The summed E-state index contributed by atoms with van der Waals surface area (Å²) in [6.45, 7) is 1.99. The fourth-order valence-electron chi connectivity index (χ4n) is 6.61. The van der Waals surface area contributed by atoms with E-state index in [9.17, 15) is 9.90 Å². The van der Waals surface area contributed by atoms with Crippen LogP contribution in [0.3, 0.4) is 0 Å². The molecule has 0 saturated heterocycles. The van der Waals surface area contributed by atoms with Gasteiger partial charge in [0.25, 0.3) is 0 Å². The number of hydrogen-bond acceptors (Lipinski definition) is 2. The molecule has 0 amide bonds. The van der Waals surface area contributed by atoms with Crippen LogP contribution in [0.15, 0.2) is 11.6 Å². The van der Waals surface area contributed by atoms with Crippen molar-refractivity contribution in [2.75, 3.05) is 0 Å². The first-order valence-electron chi connectivity index (χ1n) is 10.5. The molecule has 2 nitrogen and oxygen atoms in total. The summed E-state index contributed by atoms with van der Waals surface area (Å²) >= 11 is 0. The summed E-state index contributed by atoms with van der Waals surface area (Å²) < 4.78 is 23.9. The second kappa shape index (κ2) is 4.69. The van der Waals surface area contributed by atoms with E-state index >= 15 is 0 Å². The van der Waals surface area contributed by atoms with Crippen molar-refractivity contribution >= 4 is 5.78 Å².